The first kappa shape index (κ1) is 17.8. The van der Waals surface area contributed by atoms with E-state index in [1.165, 1.54) is 16.7 Å². The van der Waals surface area contributed by atoms with E-state index in [1.54, 1.807) is 6.07 Å². The first-order valence-electron chi connectivity index (χ1n) is 10.0. The van der Waals surface area contributed by atoms with E-state index < -0.39 is 0 Å². The Hall–Kier alpha value is -3.31. The zero-order valence-corrected chi connectivity index (χ0v) is 16.1. The van der Waals surface area contributed by atoms with Gasteiger partial charge >= 0.3 is 0 Å². The van der Waals surface area contributed by atoms with Crippen LogP contribution in [0.5, 0.6) is 5.75 Å². The summed E-state index contributed by atoms with van der Waals surface area (Å²) in [5, 5.41) is 12.5. The summed E-state index contributed by atoms with van der Waals surface area (Å²) in [4.78, 5) is 12.5. The molecule has 0 spiro atoms. The molecule has 29 heavy (non-hydrogen) atoms. The minimum atomic E-state index is -0.355. The van der Waals surface area contributed by atoms with Crippen LogP contribution in [0.1, 0.15) is 39.9 Å². The Kier molecular flexibility index (Phi) is 4.25. The molecule has 4 N–H and O–H groups in total. The number of carbonyl (C=O) groups excluding carboxylic acids is 1. The molecule has 5 heteroatoms. The third-order valence-electron chi connectivity index (χ3n) is 6.01. The Labute approximate surface area is 168 Å². The highest BCUT2D eigenvalue weighted by Crippen LogP contribution is 2.42. The van der Waals surface area contributed by atoms with Gasteiger partial charge in [-0.2, -0.15) is 0 Å². The lowest BCUT2D eigenvalue weighted by atomic mass is 9.89. The Morgan fingerprint density at radius 2 is 1.83 bits per heavy atom. The van der Waals surface area contributed by atoms with Crippen LogP contribution in [-0.4, -0.2) is 15.6 Å². The number of amides is 1. The highest BCUT2D eigenvalue weighted by atomic mass is 16.3. The minimum Gasteiger partial charge on any atom is -0.507 e. The van der Waals surface area contributed by atoms with Gasteiger partial charge < -0.3 is 9.67 Å². The van der Waals surface area contributed by atoms with Crippen molar-refractivity contribution < 1.29 is 9.90 Å². The van der Waals surface area contributed by atoms with Crippen molar-refractivity contribution in [3.63, 3.8) is 0 Å². The maximum absolute atomic E-state index is 12.5. The first-order chi connectivity index (χ1) is 14.2. The molecular weight excluding hydrogens is 362 g/mol. The highest BCUT2D eigenvalue weighted by Gasteiger charge is 2.25. The number of phenolic OH excluding ortho intramolecular Hbond substituents is 1. The summed E-state index contributed by atoms with van der Waals surface area (Å²) in [6, 6.07) is 17.8. The lowest BCUT2D eigenvalue weighted by molar-refractivity contribution is 0.0955. The average Bonchev–Trinajstić information content (AvgIpc) is 3.09. The van der Waals surface area contributed by atoms with E-state index in [9.17, 15) is 9.90 Å². The molecule has 4 aromatic rings. The standard InChI is InChI=1S/C24H23N3O2/c25-26-24(29)18-11-6-12-19-21(18)22-20(28)13-16-9-4-5-10-17(16)23(22)27(19)14-15-7-2-1-3-8-15/h1-3,6-8,11-13,28H,4-5,9-10,14,25H2,(H,26,29). The lowest BCUT2D eigenvalue weighted by Gasteiger charge is -2.19. The van der Waals surface area contributed by atoms with E-state index in [4.69, 9.17) is 5.84 Å². The molecule has 0 radical (unpaired) electrons. The van der Waals surface area contributed by atoms with Crippen molar-refractivity contribution in [2.75, 3.05) is 0 Å². The van der Waals surface area contributed by atoms with Gasteiger partial charge in [-0.3, -0.25) is 10.2 Å². The molecule has 1 aliphatic rings. The van der Waals surface area contributed by atoms with Crippen LogP contribution in [-0.2, 0) is 19.4 Å². The van der Waals surface area contributed by atoms with Crippen LogP contribution in [0.25, 0.3) is 21.8 Å². The molecule has 0 aliphatic heterocycles. The second-order valence-electron chi connectivity index (χ2n) is 7.71. The van der Waals surface area contributed by atoms with Gasteiger partial charge in [-0.15, -0.1) is 0 Å². The van der Waals surface area contributed by atoms with Crippen LogP contribution in [0.15, 0.2) is 54.6 Å². The van der Waals surface area contributed by atoms with Gasteiger partial charge in [0, 0.05) is 11.9 Å². The van der Waals surface area contributed by atoms with Crippen LogP contribution >= 0.6 is 0 Å². The molecule has 5 nitrogen and oxygen atoms in total. The van der Waals surface area contributed by atoms with Gasteiger partial charge in [0.15, 0.2) is 0 Å². The molecule has 0 unspecified atom stereocenters. The summed E-state index contributed by atoms with van der Waals surface area (Å²) in [5.41, 5.74) is 8.37. The number of aromatic hydroxyl groups is 1. The first-order valence-corrected chi connectivity index (χ1v) is 10.0. The van der Waals surface area contributed by atoms with E-state index in [0.717, 1.165) is 47.5 Å². The van der Waals surface area contributed by atoms with E-state index in [0.29, 0.717) is 12.1 Å². The third kappa shape index (κ3) is 2.77. The topological polar surface area (TPSA) is 80.3 Å². The van der Waals surface area contributed by atoms with E-state index in [2.05, 4.69) is 22.1 Å². The second kappa shape index (κ2) is 6.94. The Morgan fingerprint density at radius 3 is 2.62 bits per heavy atom. The molecule has 1 aliphatic carbocycles. The van der Waals surface area contributed by atoms with Gasteiger partial charge in [0.2, 0.25) is 0 Å². The van der Waals surface area contributed by atoms with Crippen LogP contribution < -0.4 is 11.3 Å². The number of nitrogen functional groups attached to an aromatic ring is 1. The Bertz CT molecular complexity index is 1240. The third-order valence-corrected chi connectivity index (χ3v) is 6.01. The molecule has 1 heterocycles. The minimum absolute atomic E-state index is 0.231. The summed E-state index contributed by atoms with van der Waals surface area (Å²) in [5.74, 6) is 5.33. The molecule has 5 rings (SSSR count). The number of carbonyl (C=O) groups is 1. The molecule has 146 valence electrons. The normalized spacial score (nSPS) is 13.6. The molecular formula is C24H23N3O2. The lowest BCUT2D eigenvalue weighted by Crippen LogP contribution is -2.30. The number of benzene rings is 3. The van der Waals surface area contributed by atoms with E-state index in [-0.39, 0.29) is 11.7 Å². The summed E-state index contributed by atoms with van der Waals surface area (Å²) < 4.78 is 2.25. The van der Waals surface area contributed by atoms with Gasteiger partial charge in [0.1, 0.15) is 5.75 Å². The molecule has 0 bridgehead atoms. The van der Waals surface area contributed by atoms with Gasteiger partial charge in [0.05, 0.1) is 22.0 Å². The molecule has 0 saturated carbocycles. The maximum Gasteiger partial charge on any atom is 0.265 e. The van der Waals surface area contributed by atoms with Crippen molar-refractivity contribution in [1.82, 2.24) is 9.99 Å². The highest BCUT2D eigenvalue weighted by molar-refractivity contribution is 6.20. The molecule has 0 saturated heterocycles. The number of nitrogens with two attached hydrogens (primary N) is 1. The summed E-state index contributed by atoms with van der Waals surface area (Å²) in [7, 11) is 0. The molecule has 1 aromatic heterocycles. The average molecular weight is 385 g/mol. The zero-order chi connectivity index (χ0) is 20.0. The zero-order valence-electron chi connectivity index (χ0n) is 16.1. The van der Waals surface area contributed by atoms with Crippen molar-refractivity contribution in [2.24, 2.45) is 5.84 Å². The second-order valence-corrected chi connectivity index (χ2v) is 7.71. The van der Waals surface area contributed by atoms with E-state index >= 15 is 0 Å². The Morgan fingerprint density at radius 1 is 1.03 bits per heavy atom. The predicted molar refractivity (Wildman–Crippen MR) is 115 cm³/mol. The number of fused-ring (bicyclic) bond motifs is 5. The fourth-order valence-electron chi connectivity index (χ4n) is 4.76. The van der Waals surface area contributed by atoms with Crippen molar-refractivity contribution in [3.05, 3.63) is 76.9 Å². The number of phenols is 1. The van der Waals surface area contributed by atoms with E-state index in [1.807, 2.05) is 36.4 Å². The van der Waals surface area contributed by atoms with Gasteiger partial charge in [-0.25, -0.2) is 5.84 Å². The number of hydrazine groups is 1. The smallest absolute Gasteiger partial charge is 0.265 e. The summed E-state index contributed by atoms with van der Waals surface area (Å²) >= 11 is 0. The SMILES string of the molecule is NNC(=O)c1cccc2c1c1c(O)cc3c(c1n2Cc1ccccc1)CCCC3. The van der Waals surface area contributed by atoms with Crippen LogP contribution in [0.3, 0.4) is 0 Å². The van der Waals surface area contributed by atoms with Crippen molar-refractivity contribution in [2.45, 2.75) is 32.2 Å². The number of aryl methyl sites for hydroxylation is 2. The van der Waals surface area contributed by atoms with Crippen LogP contribution in [0.4, 0.5) is 0 Å². The summed E-state index contributed by atoms with van der Waals surface area (Å²) in [6.07, 6.45) is 4.23. The van der Waals surface area contributed by atoms with Crippen molar-refractivity contribution in [1.29, 1.82) is 0 Å². The van der Waals surface area contributed by atoms with Crippen LogP contribution in [0, 0.1) is 0 Å². The van der Waals surface area contributed by atoms with Gasteiger partial charge in [-0.1, -0.05) is 36.4 Å². The maximum atomic E-state index is 12.5. The number of aromatic nitrogens is 1. The van der Waals surface area contributed by atoms with Crippen molar-refractivity contribution in [3.8, 4) is 5.75 Å². The quantitative estimate of drug-likeness (QED) is 0.283. The predicted octanol–water partition coefficient (Wildman–Crippen LogP) is 4.03. The Balaban J connectivity index is 1.92. The fraction of sp³-hybridized carbons (Fsp3) is 0.208. The number of hydrogen-bond acceptors (Lipinski definition) is 3. The summed E-state index contributed by atoms with van der Waals surface area (Å²) in [6.45, 7) is 0.671. The molecule has 0 fully saturated rings. The molecule has 1 amide bonds. The van der Waals surface area contributed by atoms with Gasteiger partial charge in [-0.05, 0) is 60.6 Å². The monoisotopic (exact) mass is 385 g/mol. The molecule has 0 atom stereocenters. The van der Waals surface area contributed by atoms with Gasteiger partial charge in [0.25, 0.3) is 5.91 Å². The molecule has 3 aromatic carbocycles. The number of rotatable bonds is 3. The van der Waals surface area contributed by atoms with Crippen molar-refractivity contribution >= 4 is 27.7 Å². The largest absolute Gasteiger partial charge is 0.507 e. The number of hydrogen-bond donors (Lipinski definition) is 3. The number of nitrogens with zero attached hydrogens (tertiary/aromatic N) is 1. The van der Waals surface area contributed by atoms with Crippen LogP contribution in [0.2, 0.25) is 0 Å². The number of nitrogens with one attached hydrogen (secondary N) is 1. The fourth-order valence-corrected chi connectivity index (χ4v) is 4.76.